The minimum absolute atomic E-state index is 0.0456. The van der Waals surface area contributed by atoms with Gasteiger partial charge in [0.05, 0.1) is 62.9 Å². The molecule has 5 aromatic carbocycles. The number of rotatable bonds is 37. The molecule has 11 N–H and O–H groups in total. The van der Waals surface area contributed by atoms with Gasteiger partial charge in [0.2, 0.25) is 23.6 Å². The number of likely N-dealkylation sites (N-methyl/N-ethyl adjacent to an activating group) is 1. The number of hydrazine groups is 1. The minimum Gasteiger partial charge on any atom is -0.492 e. The van der Waals surface area contributed by atoms with Crippen LogP contribution in [0.25, 0.3) is 32.7 Å². The fourth-order valence-electron chi connectivity index (χ4n) is 13.6. The van der Waals surface area contributed by atoms with E-state index in [0.717, 1.165) is 68.9 Å². The highest BCUT2D eigenvalue weighted by Gasteiger charge is 2.42. The molecule has 6 heterocycles. The van der Waals surface area contributed by atoms with Crippen molar-refractivity contribution in [1.29, 1.82) is 0 Å². The van der Waals surface area contributed by atoms with Crippen molar-refractivity contribution in [2.24, 2.45) is 5.92 Å². The number of halogens is 1. The summed E-state index contributed by atoms with van der Waals surface area (Å²) >= 11 is 6.63. The molecule has 0 saturated carbocycles. The van der Waals surface area contributed by atoms with Crippen molar-refractivity contribution >= 4 is 103 Å². The second kappa shape index (κ2) is 38.2. The minimum atomic E-state index is -1.73. The van der Waals surface area contributed by atoms with Crippen LogP contribution in [-0.2, 0) is 57.9 Å². The highest BCUT2D eigenvalue weighted by atomic mass is 35.5. The van der Waals surface area contributed by atoms with Gasteiger partial charge in [0, 0.05) is 134 Å². The Kier molecular flexibility index (Phi) is 28.2. The number of amides is 6. The van der Waals surface area contributed by atoms with Gasteiger partial charge in [-0.1, -0.05) is 50.2 Å². The lowest BCUT2D eigenvalue weighted by Gasteiger charge is -2.35. The Bertz CT molecular complexity index is 4530. The Morgan fingerprint density at radius 3 is 2.25 bits per heavy atom. The van der Waals surface area contributed by atoms with Crippen molar-refractivity contribution in [1.82, 2.24) is 56.2 Å². The van der Waals surface area contributed by atoms with E-state index in [1.165, 1.54) is 25.1 Å². The second-order valence-electron chi connectivity index (χ2n) is 28.4. The van der Waals surface area contributed by atoms with E-state index in [2.05, 4.69) is 58.1 Å². The number of hydroxylamine groups is 1. The molecule has 2 saturated heterocycles. The number of hydrogen-bond acceptors (Lipinski definition) is 21. The van der Waals surface area contributed by atoms with Crippen LogP contribution in [-0.4, -0.2) is 229 Å². The fraction of sp³-hybridized carbons (Fsp3) is 0.443. The molecule has 0 spiro atoms. The van der Waals surface area contributed by atoms with Gasteiger partial charge in [-0.15, -0.1) is 17.1 Å². The summed E-state index contributed by atoms with van der Waals surface area (Å²) in [5, 5.41) is 50.9. The maximum atomic E-state index is 14.5. The summed E-state index contributed by atoms with van der Waals surface area (Å²) in [6.07, 6.45) is -2.89. The fourth-order valence-corrected chi connectivity index (χ4v) is 13.9. The lowest BCUT2D eigenvalue weighted by Crippen LogP contribution is -2.56. The van der Waals surface area contributed by atoms with E-state index in [1.807, 2.05) is 110 Å². The molecular weight excluding hydrogens is 1440 g/mol. The van der Waals surface area contributed by atoms with E-state index in [0.29, 0.717) is 93.4 Å². The number of ether oxygens (including phenoxy) is 5. The molecule has 30 nitrogen and oxygen atoms in total. The molecule has 3 aromatic heterocycles. The first-order valence-corrected chi connectivity index (χ1v) is 37.6. The summed E-state index contributed by atoms with van der Waals surface area (Å²) in [6, 6.07) is 32.3. The van der Waals surface area contributed by atoms with Crippen LogP contribution in [0, 0.1) is 5.92 Å². The molecule has 2 fully saturated rings. The van der Waals surface area contributed by atoms with Crippen molar-refractivity contribution in [3.63, 3.8) is 0 Å². The number of carbonyl (C=O) groups excluding carboxylic acids is 6. The number of likely N-dealkylation sites (tertiary alicyclic amines) is 1. The molecule has 6 amide bonds. The number of aromatic amines is 1. The van der Waals surface area contributed by atoms with Gasteiger partial charge in [-0.3, -0.25) is 34.2 Å². The molecule has 8 aromatic rings. The van der Waals surface area contributed by atoms with Crippen LogP contribution in [0.15, 0.2) is 121 Å². The average molecular weight is 1540 g/mol. The van der Waals surface area contributed by atoms with Crippen LogP contribution in [0.5, 0.6) is 17.2 Å². The van der Waals surface area contributed by atoms with Crippen LogP contribution in [0.3, 0.4) is 0 Å². The SMILES string of the molecule is CNN(C)Cc1cc2cccnc2n1CCC(=O)N1CCC(NCCOCCOCCC(=O)Nc2ccc(C(=O)N[C@H](C(=O)N[C@@H](C)C(=O)Nc3ccc(COc4cc5c(c6ccccc46)[C@H](CCl)CN5C(=O)c4cc5cc(OCCN(C)C)ccc5[nH]4)cc3)C(C)C)c(ON[C@@H]3O[C@H](C(=O)O)[C@@H](O)C[C@H]3O)c2)CC1. The first kappa shape index (κ1) is 81.2. The zero-order chi connectivity index (χ0) is 78.1. The Morgan fingerprint density at radius 1 is 0.764 bits per heavy atom. The number of carboxylic acid groups (broad SMARTS) is 1. The number of hydrogen-bond donors (Lipinski definition) is 11. The number of aryl methyl sites for hydroxylation is 1. The van der Waals surface area contributed by atoms with Crippen LogP contribution in [0.4, 0.5) is 17.1 Å². The van der Waals surface area contributed by atoms with E-state index in [-0.39, 0.29) is 73.6 Å². The molecule has 588 valence electrons. The molecule has 110 heavy (non-hydrogen) atoms. The van der Waals surface area contributed by atoms with Gasteiger partial charge in [-0.05, 0) is 130 Å². The number of nitrogens with zero attached hydrogens (tertiary/aromatic N) is 6. The number of aliphatic hydroxyl groups is 2. The number of H-pyrrole nitrogens is 1. The molecule has 31 heteroatoms. The molecule has 7 atom stereocenters. The zero-order valence-electron chi connectivity index (χ0n) is 62.9. The molecule has 11 rings (SSSR count). The van der Waals surface area contributed by atoms with Crippen LogP contribution in [0.2, 0.25) is 0 Å². The highest BCUT2D eigenvalue weighted by Crippen LogP contribution is 2.46. The number of fused-ring (bicyclic) bond motifs is 5. The van der Waals surface area contributed by atoms with Crippen LogP contribution in [0.1, 0.15) is 96.5 Å². The van der Waals surface area contributed by atoms with Gasteiger partial charge >= 0.3 is 5.97 Å². The standard InChI is InChI=1S/C79H99ClN14O16/c1-47(2)71(76(101)84-48(3)74(99)86-54-16-14-49(15-17-54)46-108-66-41-63-70(59-13-9-8-12-58(59)66)52(43-80)44-94(63)78(102)62-39-51-38-57(19-21-61(51)87-62)107-34-31-90(5)6)88-75(100)60-20-18-55(40-67(60)110-89-77-65(96)42-64(95)72(109-77)79(103)104)85-68(97)25-32-105-35-36-106-33-27-82-53-22-28-92(29-23-53)69(98)24-30-93-56(45-91(7)81-4)37-50-11-10-26-83-73(50)93/h8-21,26,37-41,47-48,52-53,64-65,71-72,77,81-82,87,89,95-96H,22-25,27-36,42-46H2,1-7H3,(H,84,101)(H,85,97)(H,86,99)(H,88,100)(H,103,104)/t48-,52+,64-,65+,71-,72-,77+/m0/s1. The quantitative estimate of drug-likeness (QED) is 0.0113. The third-order valence-corrected chi connectivity index (χ3v) is 20.1. The zero-order valence-corrected chi connectivity index (χ0v) is 63.6. The number of nitrogens with one attached hydrogen (secondary N) is 8. The van der Waals surface area contributed by atoms with E-state index in [9.17, 15) is 48.9 Å². The van der Waals surface area contributed by atoms with Gasteiger partial charge in [0.1, 0.15) is 48.1 Å². The van der Waals surface area contributed by atoms with E-state index < -0.39 is 78.6 Å². The van der Waals surface area contributed by atoms with Crippen molar-refractivity contribution in [3.05, 3.63) is 150 Å². The number of carbonyl (C=O) groups is 7. The number of aromatic nitrogens is 3. The maximum Gasteiger partial charge on any atom is 0.335 e. The normalized spacial score (nSPS) is 17.9. The molecule has 0 aliphatic carbocycles. The predicted molar refractivity (Wildman–Crippen MR) is 415 cm³/mol. The van der Waals surface area contributed by atoms with Crippen molar-refractivity contribution in [2.45, 2.75) is 121 Å². The Balaban J connectivity index is 0.634. The number of aliphatic carboxylic acids is 1. The predicted octanol–water partition coefficient (Wildman–Crippen LogP) is 6.47. The van der Waals surface area contributed by atoms with Gasteiger partial charge in [-0.2, -0.15) is 0 Å². The Morgan fingerprint density at radius 2 is 1.52 bits per heavy atom. The lowest BCUT2D eigenvalue weighted by atomic mass is 9.95. The number of carboxylic acids is 1. The number of benzene rings is 5. The molecule has 3 aliphatic heterocycles. The summed E-state index contributed by atoms with van der Waals surface area (Å²) in [6.45, 7) is 10.8. The number of alkyl halides is 1. The monoisotopic (exact) mass is 1530 g/mol. The topological polar surface area (TPSA) is 366 Å². The van der Waals surface area contributed by atoms with E-state index in [1.54, 1.807) is 49.2 Å². The molecule has 0 bridgehead atoms. The molecule has 3 aliphatic rings. The van der Waals surface area contributed by atoms with Gasteiger partial charge in [-0.25, -0.2) is 14.8 Å². The first-order chi connectivity index (χ1) is 53.0. The van der Waals surface area contributed by atoms with Crippen LogP contribution >= 0.6 is 11.6 Å². The summed E-state index contributed by atoms with van der Waals surface area (Å²) < 4.78 is 31.5. The summed E-state index contributed by atoms with van der Waals surface area (Å²) in [5.41, 5.74) is 11.6. The smallest absolute Gasteiger partial charge is 0.335 e. The van der Waals surface area contributed by atoms with Gasteiger partial charge < -0.3 is 94.7 Å². The van der Waals surface area contributed by atoms with Crippen LogP contribution < -0.4 is 56.7 Å². The summed E-state index contributed by atoms with van der Waals surface area (Å²) in [4.78, 5) is 114. The number of anilines is 3. The third kappa shape index (κ3) is 20.8. The Labute approximate surface area is 642 Å². The van der Waals surface area contributed by atoms with E-state index >= 15 is 0 Å². The largest absolute Gasteiger partial charge is 0.492 e. The number of pyridine rings is 1. The first-order valence-electron chi connectivity index (χ1n) is 37.1. The Hall–Kier alpha value is -9.83. The number of aliphatic hydroxyl groups excluding tert-OH is 2. The van der Waals surface area contributed by atoms with E-state index in [4.69, 9.17) is 40.1 Å². The molecule has 0 unspecified atom stereocenters. The van der Waals surface area contributed by atoms with Gasteiger partial charge in [0.25, 0.3) is 11.8 Å². The van der Waals surface area contributed by atoms with Crippen molar-refractivity contribution < 1.29 is 77.4 Å². The second-order valence-corrected chi connectivity index (χ2v) is 28.7. The third-order valence-electron chi connectivity index (χ3n) is 19.8. The van der Waals surface area contributed by atoms with Crippen molar-refractivity contribution in [3.8, 4) is 17.2 Å². The molecule has 0 radical (unpaired) electrons. The summed E-state index contributed by atoms with van der Waals surface area (Å²) in [5.74, 6) is -3.45. The molecular formula is C79H99ClN14O16. The van der Waals surface area contributed by atoms with Gasteiger partial charge in [0.15, 0.2) is 18.1 Å². The summed E-state index contributed by atoms with van der Waals surface area (Å²) in [7, 11) is 7.80. The maximum absolute atomic E-state index is 14.5. The number of piperidine rings is 1. The van der Waals surface area contributed by atoms with Crippen molar-refractivity contribution in [2.75, 3.05) is 115 Å². The average Bonchev–Trinajstić information content (AvgIpc) is 1.57. The highest BCUT2D eigenvalue weighted by molar-refractivity contribution is 6.19. The lowest BCUT2D eigenvalue weighted by molar-refractivity contribution is -0.212.